The number of ether oxygens (including phenoxy) is 1. The molecule has 0 bridgehead atoms. The van der Waals surface area contributed by atoms with Crippen molar-refractivity contribution in [2.45, 2.75) is 17.9 Å². The average Bonchev–Trinajstić information content (AvgIpc) is 2.86. The summed E-state index contributed by atoms with van der Waals surface area (Å²) < 4.78 is 55.1. The highest BCUT2D eigenvalue weighted by Gasteiger charge is 2.31. The molecule has 0 aliphatic heterocycles. The summed E-state index contributed by atoms with van der Waals surface area (Å²) in [5.74, 6) is -0.0781. The molecule has 0 aliphatic carbocycles. The predicted octanol–water partition coefficient (Wildman–Crippen LogP) is 3.28. The minimum atomic E-state index is -4.76. The van der Waals surface area contributed by atoms with Gasteiger partial charge in [0, 0.05) is 23.4 Å². The van der Waals surface area contributed by atoms with Gasteiger partial charge in [-0.15, -0.1) is 13.2 Å². The molecule has 25 heavy (non-hydrogen) atoms. The fourth-order valence-corrected chi connectivity index (χ4v) is 4.18. The Kier molecular flexibility index (Phi) is 5.02. The van der Waals surface area contributed by atoms with E-state index < -0.39 is 17.5 Å². The first kappa shape index (κ1) is 17.8. The molecule has 0 amide bonds. The number of nitrogens with one attached hydrogen (secondary N) is 1. The van der Waals surface area contributed by atoms with Gasteiger partial charge in [-0.25, -0.2) is 4.98 Å². The van der Waals surface area contributed by atoms with Gasteiger partial charge in [0.2, 0.25) is 5.03 Å². The van der Waals surface area contributed by atoms with Crippen molar-refractivity contribution in [3.63, 3.8) is 0 Å². The van der Waals surface area contributed by atoms with Gasteiger partial charge >= 0.3 is 6.36 Å². The Morgan fingerprint density at radius 1 is 1.28 bits per heavy atom. The molecule has 2 heterocycles. The Bertz CT molecular complexity index is 925. The largest absolute Gasteiger partial charge is 0.610 e. The normalized spacial score (nSPS) is 13.1. The number of halogens is 3. The highest BCUT2D eigenvalue weighted by molar-refractivity contribution is 7.91. The number of aryl methyl sites for hydroxylation is 1. The van der Waals surface area contributed by atoms with Crippen LogP contribution in [0.5, 0.6) is 5.75 Å². The molecular weight excluding hydrogens is 375 g/mol. The van der Waals surface area contributed by atoms with Crippen LogP contribution in [-0.4, -0.2) is 26.2 Å². The molecule has 1 unspecified atom stereocenters. The lowest BCUT2D eigenvalue weighted by Gasteiger charge is -2.11. The van der Waals surface area contributed by atoms with Crippen molar-refractivity contribution in [2.24, 2.45) is 0 Å². The van der Waals surface area contributed by atoms with Crippen molar-refractivity contribution >= 4 is 32.7 Å². The number of benzene rings is 1. The lowest BCUT2D eigenvalue weighted by Crippen LogP contribution is -2.20. The van der Waals surface area contributed by atoms with Gasteiger partial charge in [-0.05, 0) is 24.3 Å². The Balaban J connectivity index is 1.80. The van der Waals surface area contributed by atoms with E-state index in [1.54, 1.807) is 29.0 Å². The summed E-state index contributed by atoms with van der Waals surface area (Å²) in [4.78, 5) is 4.20. The minimum Gasteiger partial charge on any atom is -0.610 e. The summed E-state index contributed by atoms with van der Waals surface area (Å²) in [6.07, 6.45) is -3.21. The van der Waals surface area contributed by atoms with Crippen molar-refractivity contribution in [1.29, 1.82) is 5.41 Å². The number of aromatic nitrogens is 2. The van der Waals surface area contributed by atoms with E-state index in [1.807, 2.05) is 0 Å². The first-order valence-electron chi connectivity index (χ1n) is 7.06. The van der Waals surface area contributed by atoms with E-state index in [9.17, 15) is 17.7 Å². The van der Waals surface area contributed by atoms with Gasteiger partial charge in [-0.2, -0.15) is 0 Å². The summed E-state index contributed by atoms with van der Waals surface area (Å²) >= 11 is -0.287. The SMILES string of the molecule is N=c1sc2cc(OC(F)(F)F)ccc2n1CC[S+]([O-])c1ccccn1. The molecule has 1 aromatic carbocycles. The fraction of sp³-hybridized carbons (Fsp3) is 0.200. The van der Waals surface area contributed by atoms with Gasteiger partial charge in [0.15, 0.2) is 4.80 Å². The van der Waals surface area contributed by atoms with E-state index in [4.69, 9.17) is 5.41 Å². The van der Waals surface area contributed by atoms with Crippen LogP contribution < -0.4 is 9.54 Å². The molecule has 10 heteroatoms. The maximum absolute atomic E-state index is 12.3. The number of hydrogen-bond acceptors (Lipinski definition) is 5. The van der Waals surface area contributed by atoms with Crippen LogP contribution in [0, 0.1) is 5.41 Å². The van der Waals surface area contributed by atoms with E-state index >= 15 is 0 Å². The highest BCUT2D eigenvalue weighted by Crippen LogP contribution is 2.28. The number of thiazole rings is 1. The standard InChI is InChI=1S/C15H12F3N3O2S2/c16-15(17,18)23-10-4-5-11-12(9-10)24-14(19)21(11)7-8-25(22)13-3-1-2-6-20-13/h1-6,9,19H,7-8H2. The van der Waals surface area contributed by atoms with E-state index in [-0.39, 0.29) is 16.3 Å². The van der Waals surface area contributed by atoms with Crippen molar-refractivity contribution in [3.8, 4) is 5.75 Å². The van der Waals surface area contributed by atoms with Crippen LogP contribution in [0.25, 0.3) is 10.2 Å². The van der Waals surface area contributed by atoms with Crippen molar-refractivity contribution in [2.75, 3.05) is 5.75 Å². The second kappa shape index (κ2) is 7.06. The zero-order chi connectivity index (χ0) is 18.0. The van der Waals surface area contributed by atoms with Gasteiger partial charge < -0.3 is 13.9 Å². The lowest BCUT2D eigenvalue weighted by molar-refractivity contribution is -0.274. The van der Waals surface area contributed by atoms with Crippen LogP contribution in [0.15, 0.2) is 47.6 Å². The first-order valence-corrected chi connectivity index (χ1v) is 9.20. The molecule has 0 aliphatic rings. The molecule has 0 saturated heterocycles. The Hall–Kier alpha value is -2.04. The summed E-state index contributed by atoms with van der Waals surface area (Å²) in [6, 6.07) is 9.05. The van der Waals surface area contributed by atoms with Crippen LogP contribution in [-0.2, 0) is 17.7 Å². The van der Waals surface area contributed by atoms with Gasteiger partial charge in [0.1, 0.15) is 11.5 Å². The number of rotatable bonds is 5. The maximum Gasteiger partial charge on any atom is 0.573 e. The second-order valence-corrected chi connectivity index (χ2v) is 7.50. The third-order valence-corrected chi connectivity index (χ3v) is 5.50. The summed E-state index contributed by atoms with van der Waals surface area (Å²) in [5.41, 5.74) is 0.600. The smallest absolute Gasteiger partial charge is 0.573 e. The summed E-state index contributed by atoms with van der Waals surface area (Å²) in [6.45, 7) is 0.293. The molecule has 0 spiro atoms. The molecule has 132 valence electrons. The number of pyridine rings is 1. The fourth-order valence-electron chi connectivity index (χ4n) is 2.25. The number of alkyl halides is 3. The summed E-state index contributed by atoms with van der Waals surface area (Å²) in [7, 11) is 0. The lowest BCUT2D eigenvalue weighted by atomic mass is 10.3. The third-order valence-electron chi connectivity index (χ3n) is 3.28. The topological polar surface area (TPSA) is 74.0 Å². The Morgan fingerprint density at radius 2 is 2.08 bits per heavy atom. The number of nitrogens with zero attached hydrogens (tertiary/aromatic N) is 2. The number of hydrogen-bond donors (Lipinski definition) is 1. The van der Waals surface area contributed by atoms with Gasteiger partial charge in [-0.3, -0.25) is 5.41 Å². The van der Waals surface area contributed by atoms with E-state index in [0.29, 0.717) is 21.8 Å². The van der Waals surface area contributed by atoms with Crippen LogP contribution in [0.4, 0.5) is 13.2 Å². The van der Waals surface area contributed by atoms with E-state index in [2.05, 4.69) is 9.72 Å². The molecule has 5 nitrogen and oxygen atoms in total. The zero-order valence-electron chi connectivity index (χ0n) is 12.6. The molecule has 3 rings (SSSR count). The Labute approximate surface area is 147 Å². The monoisotopic (exact) mass is 387 g/mol. The van der Waals surface area contributed by atoms with Gasteiger partial charge in [-0.1, -0.05) is 17.4 Å². The number of fused-ring (bicyclic) bond motifs is 1. The second-order valence-electron chi connectivity index (χ2n) is 4.95. The maximum atomic E-state index is 12.3. The molecule has 0 radical (unpaired) electrons. The molecule has 3 aromatic rings. The summed E-state index contributed by atoms with van der Waals surface area (Å²) in [5, 5.41) is 8.46. The zero-order valence-corrected chi connectivity index (χ0v) is 14.2. The van der Waals surface area contributed by atoms with Gasteiger partial charge in [0.25, 0.3) is 0 Å². The molecule has 0 saturated carbocycles. The van der Waals surface area contributed by atoms with Crippen LogP contribution >= 0.6 is 11.3 Å². The minimum absolute atomic E-state index is 0.164. The molecule has 0 fully saturated rings. The van der Waals surface area contributed by atoms with Crippen LogP contribution in [0.2, 0.25) is 0 Å². The average molecular weight is 387 g/mol. The van der Waals surface area contributed by atoms with Crippen LogP contribution in [0.3, 0.4) is 0 Å². The van der Waals surface area contributed by atoms with E-state index in [1.165, 1.54) is 18.2 Å². The van der Waals surface area contributed by atoms with Gasteiger partial charge in [0.05, 0.1) is 16.8 Å². The van der Waals surface area contributed by atoms with Crippen LogP contribution in [0.1, 0.15) is 0 Å². The van der Waals surface area contributed by atoms with E-state index in [0.717, 1.165) is 11.3 Å². The highest BCUT2D eigenvalue weighted by atomic mass is 32.2. The first-order chi connectivity index (χ1) is 11.8. The molecule has 2 aromatic heterocycles. The van der Waals surface area contributed by atoms with Crippen molar-refractivity contribution in [3.05, 3.63) is 47.4 Å². The van der Waals surface area contributed by atoms with Crippen molar-refractivity contribution < 1.29 is 22.5 Å². The van der Waals surface area contributed by atoms with Crippen molar-refractivity contribution in [1.82, 2.24) is 9.55 Å². The predicted molar refractivity (Wildman–Crippen MR) is 87.9 cm³/mol. The molecule has 1 atom stereocenters. The molecule has 1 N–H and O–H groups in total. The quantitative estimate of drug-likeness (QED) is 0.683. The Morgan fingerprint density at radius 3 is 2.76 bits per heavy atom. The molecular formula is C15H12F3N3O2S2. The third kappa shape index (κ3) is 4.33.